The molecule has 19 heavy (non-hydrogen) atoms. The van der Waals surface area contributed by atoms with Gasteiger partial charge in [0, 0.05) is 19.3 Å². The van der Waals surface area contributed by atoms with E-state index in [1.165, 1.54) is 0 Å². The van der Waals surface area contributed by atoms with Crippen LogP contribution in [0.25, 0.3) is 0 Å². The van der Waals surface area contributed by atoms with E-state index in [0.717, 1.165) is 30.9 Å². The standard InChI is InChI=1S/C13H20N4O2/c1-3-10-8-17(6-7-19-10)13-11(12(14)16-18)9(2)4-5-15-13/h4-5,10,18H,3,6-8H2,1-2H3,(H2,14,16). The Hall–Kier alpha value is -1.82. The summed E-state index contributed by atoms with van der Waals surface area (Å²) in [7, 11) is 0. The van der Waals surface area contributed by atoms with Crippen LogP contribution in [0.2, 0.25) is 0 Å². The third-order valence-corrected chi connectivity index (χ3v) is 3.40. The molecule has 1 fully saturated rings. The van der Waals surface area contributed by atoms with Gasteiger partial charge in [-0.3, -0.25) is 0 Å². The molecule has 3 N–H and O–H groups in total. The number of aryl methyl sites for hydroxylation is 1. The Morgan fingerprint density at radius 3 is 3.16 bits per heavy atom. The summed E-state index contributed by atoms with van der Waals surface area (Å²) >= 11 is 0. The minimum Gasteiger partial charge on any atom is -0.409 e. The number of morpholine rings is 1. The molecule has 1 aliphatic heterocycles. The van der Waals surface area contributed by atoms with Crippen LogP contribution in [0.15, 0.2) is 17.4 Å². The van der Waals surface area contributed by atoms with Crippen LogP contribution in [0.1, 0.15) is 24.5 Å². The van der Waals surface area contributed by atoms with Crippen LogP contribution in [-0.4, -0.2) is 41.8 Å². The van der Waals surface area contributed by atoms with Gasteiger partial charge in [0.25, 0.3) is 0 Å². The molecule has 0 amide bonds. The number of ether oxygens (including phenoxy) is 1. The highest BCUT2D eigenvalue weighted by Crippen LogP contribution is 2.23. The van der Waals surface area contributed by atoms with Gasteiger partial charge in [-0.15, -0.1) is 0 Å². The first-order valence-corrected chi connectivity index (χ1v) is 6.47. The summed E-state index contributed by atoms with van der Waals surface area (Å²) in [6.07, 6.45) is 2.91. The Bertz CT molecular complexity index is 476. The van der Waals surface area contributed by atoms with Gasteiger partial charge >= 0.3 is 0 Å². The molecular weight excluding hydrogens is 244 g/mol. The van der Waals surface area contributed by atoms with Crippen molar-refractivity contribution in [1.82, 2.24) is 4.98 Å². The molecule has 0 spiro atoms. The zero-order valence-electron chi connectivity index (χ0n) is 11.3. The van der Waals surface area contributed by atoms with Crippen LogP contribution in [0.4, 0.5) is 5.82 Å². The van der Waals surface area contributed by atoms with Gasteiger partial charge in [0.05, 0.1) is 18.3 Å². The van der Waals surface area contributed by atoms with E-state index in [0.29, 0.717) is 12.2 Å². The fourth-order valence-electron chi connectivity index (χ4n) is 2.31. The Morgan fingerprint density at radius 1 is 1.68 bits per heavy atom. The normalized spacial score (nSPS) is 20.6. The molecule has 1 aromatic heterocycles. The lowest BCUT2D eigenvalue weighted by molar-refractivity contribution is 0.0381. The number of oxime groups is 1. The van der Waals surface area contributed by atoms with Gasteiger partial charge in [0.2, 0.25) is 0 Å². The molecule has 0 aliphatic carbocycles. The quantitative estimate of drug-likeness (QED) is 0.369. The van der Waals surface area contributed by atoms with Gasteiger partial charge in [0.15, 0.2) is 5.84 Å². The van der Waals surface area contributed by atoms with Crippen LogP contribution in [0.3, 0.4) is 0 Å². The summed E-state index contributed by atoms with van der Waals surface area (Å²) in [6.45, 7) is 6.24. The maximum atomic E-state index is 8.93. The lowest BCUT2D eigenvalue weighted by atomic mass is 10.1. The first-order valence-electron chi connectivity index (χ1n) is 6.47. The van der Waals surface area contributed by atoms with Crippen molar-refractivity contribution >= 4 is 11.7 Å². The van der Waals surface area contributed by atoms with E-state index < -0.39 is 0 Å². The maximum absolute atomic E-state index is 8.93. The number of anilines is 1. The van der Waals surface area contributed by atoms with E-state index in [-0.39, 0.29) is 11.9 Å². The van der Waals surface area contributed by atoms with Crippen molar-refractivity contribution in [3.8, 4) is 0 Å². The number of pyridine rings is 1. The molecule has 1 saturated heterocycles. The highest BCUT2D eigenvalue weighted by atomic mass is 16.5. The highest BCUT2D eigenvalue weighted by Gasteiger charge is 2.24. The largest absolute Gasteiger partial charge is 0.409 e. The lowest BCUT2D eigenvalue weighted by Crippen LogP contribution is -2.43. The zero-order chi connectivity index (χ0) is 13.8. The fourth-order valence-corrected chi connectivity index (χ4v) is 2.31. The van der Waals surface area contributed by atoms with E-state index in [1.54, 1.807) is 6.20 Å². The van der Waals surface area contributed by atoms with E-state index in [9.17, 15) is 0 Å². The van der Waals surface area contributed by atoms with E-state index >= 15 is 0 Å². The lowest BCUT2D eigenvalue weighted by Gasteiger charge is -2.34. The second kappa shape index (κ2) is 5.88. The molecule has 2 heterocycles. The second-order valence-corrected chi connectivity index (χ2v) is 4.66. The van der Waals surface area contributed by atoms with Crippen molar-refractivity contribution in [2.75, 3.05) is 24.6 Å². The molecular formula is C13H20N4O2. The number of amidine groups is 1. The van der Waals surface area contributed by atoms with Crippen molar-refractivity contribution in [2.24, 2.45) is 10.9 Å². The fraction of sp³-hybridized carbons (Fsp3) is 0.538. The Balaban J connectivity index is 2.36. The summed E-state index contributed by atoms with van der Waals surface area (Å²) in [5.41, 5.74) is 7.41. The van der Waals surface area contributed by atoms with Crippen molar-refractivity contribution in [2.45, 2.75) is 26.4 Å². The predicted molar refractivity (Wildman–Crippen MR) is 73.7 cm³/mol. The van der Waals surface area contributed by atoms with Crippen molar-refractivity contribution < 1.29 is 9.94 Å². The number of rotatable bonds is 3. The first-order chi connectivity index (χ1) is 9.17. The summed E-state index contributed by atoms with van der Waals surface area (Å²) in [4.78, 5) is 6.54. The smallest absolute Gasteiger partial charge is 0.174 e. The minimum atomic E-state index is 0.0974. The summed E-state index contributed by atoms with van der Waals surface area (Å²) in [5.74, 6) is 0.859. The van der Waals surface area contributed by atoms with Gasteiger partial charge in [-0.25, -0.2) is 4.98 Å². The molecule has 2 rings (SSSR count). The third kappa shape index (κ3) is 2.78. The summed E-state index contributed by atoms with van der Waals surface area (Å²) in [6, 6.07) is 1.86. The molecule has 1 atom stereocenters. The van der Waals surface area contributed by atoms with E-state index in [2.05, 4.69) is 22.0 Å². The molecule has 1 aromatic rings. The van der Waals surface area contributed by atoms with Crippen LogP contribution < -0.4 is 10.6 Å². The average molecular weight is 264 g/mol. The Kier molecular flexibility index (Phi) is 4.21. The number of hydrogen-bond donors (Lipinski definition) is 2. The van der Waals surface area contributed by atoms with Gasteiger partial charge in [-0.2, -0.15) is 0 Å². The molecule has 1 unspecified atom stereocenters. The molecule has 0 saturated carbocycles. The van der Waals surface area contributed by atoms with E-state index in [4.69, 9.17) is 15.7 Å². The summed E-state index contributed by atoms with van der Waals surface area (Å²) < 4.78 is 5.66. The van der Waals surface area contributed by atoms with Crippen molar-refractivity contribution in [3.63, 3.8) is 0 Å². The topological polar surface area (TPSA) is 84.0 Å². The second-order valence-electron chi connectivity index (χ2n) is 4.66. The van der Waals surface area contributed by atoms with E-state index in [1.807, 2.05) is 13.0 Å². The number of nitrogens with zero attached hydrogens (tertiary/aromatic N) is 3. The van der Waals surface area contributed by atoms with Crippen molar-refractivity contribution in [1.29, 1.82) is 0 Å². The predicted octanol–water partition coefficient (Wildman–Crippen LogP) is 1.10. The Morgan fingerprint density at radius 2 is 2.47 bits per heavy atom. The Labute approximate surface area is 112 Å². The molecule has 0 radical (unpaired) electrons. The van der Waals surface area contributed by atoms with Crippen LogP contribution in [0.5, 0.6) is 0 Å². The van der Waals surface area contributed by atoms with Gasteiger partial charge in [0.1, 0.15) is 5.82 Å². The monoisotopic (exact) mass is 264 g/mol. The molecule has 0 aromatic carbocycles. The number of aromatic nitrogens is 1. The first kappa shape index (κ1) is 13.6. The van der Waals surface area contributed by atoms with Crippen LogP contribution >= 0.6 is 0 Å². The maximum Gasteiger partial charge on any atom is 0.174 e. The molecule has 1 aliphatic rings. The zero-order valence-corrected chi connectivity index (χ0v) is 11.3. The van der Waals surface area contributed by atoms with Gasteiger partial charge in [-0.1, -0.05) is 12.1 Å². The third-order valence-electron chi connectivity index (χ3n) is 3.40. The molecule has 6 nitrogen and oxygen atoms in total. The van der Waals surface area contributed by atoms with Crippen molar-refractivity contribution in [3.05, 3.63) is 23.4 Å². The molecule has 6 heteroatoms. The number of nitrogens with two attached hydrogens (primary N) is 1. The minimum absolute atomic E-state index is 0.0974. The highest BCUT2D eigenvalue weighted by molar-refractivity contribution is 6.02. The van der Waals surface area contributed by atoms with Crippen LogP contribution in [0, 0.1) is 6.92 Å². The molecule has 0 bridgehead atoms. The SMILES string of the molecule is CCC1CN(c2nccc(C)c2/C(N)=N/O)CCO1. The van der Waals surface area contributed by atoms with Gasteiger partial charge in [-0.05, 0) is 25.0 Å². The van der Waals surface area contributed by atoms with Gasteiger partial charge < -0.3 is 20.6 Å². The average Bonchev–Trinajstić information content (AvgIpc) is 2.46. The number of hydrogen-bond acceptors (Lipinski definition) is 5. The summed E-state index contributed by atoms with van der Waals surface area (Å²) in [5, 5.41) is 12.0. The molecule has 104 valence electrons. The van der Waals surface area contributed by atoms with Crippen LogP contribution in [-0.2, 0) is 4.74 Å².